The molecule has 2 saturated heterocycles. The number of rotatable bonds is 6. The number of piperidine rings is 1. The maximum Gasteiger partial charge on any atom is 0.309 e. The van der Waals surface area contributed by atoms with Gasteiger partial charge in [-0.05, 0) is 58.1 Å². The number of anilines is 1. The number of aromatic nitrogens is 1. The van der Waals surface area contributed by atoms with Crippen molar-refractivity contribution in [3.63, 3.8) is 0 Å². The normalized spacial score (nSPS) is 20.5. The molecule has 8 nitrogen and oxygen atoms in total. The van der Waals surface area contributed by atoms with Gasteiger partial charge in [-0.2, -0.15) is 5.26 Å². The Labute approximate surface area is 227 Å². The first-order valence-electron chi connectivity index (χ1n) is 13.2. The summed E-state index contributed by atoms with van der Waals surface area (Å²) in [5.74, 6) is 0.237. The summed E-state index contributed by atoms with van der Waals surface area (Å²) in [4.78, 5) is 43.5. The van der Waals surface area contributed by atoms with Gasteiger partial charge in [-0.25, -0.2) is 0 Å². The Kier molecular flexibility index (Phi) is 8.75. The molecule has 2 aliphatic heterocycles. The van der Waals surface area contributed by atoms with Crippen molar-refractivity contribution >= 4 is 52.1 Å². The predicted octanol–water partition coefficient (Wildman–Crippen LogP) is 4.36. The average Bonchev–Trinajstić information content (AvgIpc) is 3.18. The van der Waals surface area contributed by atoms with Gasteiger partial charge in [0.25, 0.3) is 11.5 Å². The number of amides is 1. The highest BCUT2D eigenvalue weighted by atomic mass is 32.2. The van der Waals surface area contributed by atoms with E-state index in [-0.39, 0.29) is 35.0 Å². The van der Waals surface area contributed by atoms with E-state index in [1.165, 1.54) is 18.2 Å². The minimum atomic E-state index is -0.336. The number of hydrogen-bond acceptors (Lipinski definition) is 8. The standard InChI is InChI=1S/C27H34N4O4S2/c1-4-30-23(29-13-11-18(12-14-29)26(34)35-5-2)20(17(3)21(16-28)24(30)32)15-22-25(33)31(27(36)37-22)19-9-7-6-8-10-19/h15,18-19H,4-14H2,1-3H3. The first-order chi connectivity index (χ1) is 17.8. The topological polar surface area (TPSA) is 95.6 Å². The molecule has 1 aromatic heterocycles. The molecule has 1 amide bonds. The third-order valence-corrected chi connectivity index (χ3v) is 8.95. The van der Waals surface area contributed by atoms with Gasteiger partial charge in [-0.1, -0.05) is 43.2 Å². The number of thiocarbonyl (C=S) groups is 1. The molecule has 1 aliphatic carbocycles. The molecule has 0 N–H and O–H groups in total. The molecular formula is C27H34N4O4S2. The molecule has 0 spiro atoms. The fraction of sp³-hybridized carbons (Fsp3) is 0.593. The van der Waals surface area contributed by atoms with Crippen LogP contribution in [0.3, 0.4) is 0 Å². The van der Waals surface area contributed by atoms with Gasteiger partial charge < -0.3 is 9.64 Å². The largest absolute Gasteiger partial charge is 0.466 e. The third kappa shape index (κ3) is 5.34. The van der Waals surface area contributed by atoms with Crippen LogP contribution < -0.4 is 10.5 Å². The van der Waals surface area contributed by atoms with Gasteiger partial charge in [-0.15, -0.1) is 0 Å². The van der Waals surface area contributed by atoms with E-state index in [0.717, 1.165) is 25.7 Å². The van der Waals surface area contributed by atoms with E-state index < -0.39 is 0 Å². The average molecular weight is 543 g/mol. The second-order valence-electron chi connectivity index (χ2n) is 9.76. The van der Waals surface area contributed by atoms with Crippen molar-refractivity contribution in [2.75, 3.05) is 24.6 Å². The van der Waals surface area contributed by atoms with Crippen molar-refractivity contribution in [3.05, 3.63) is 31.9 Å². The van der Waals surface area contributed by atoms with Crippen LogP contribution in [-0.4, -0.2) is 51.4 Å². The van der Waals surface area contributed by atoms with E-state index in [0.29, 0.717) is 65.3 Å². The summed E-state index contributed by atoms with van der Waals surface area (Å²) < 4.78 is 7.40. The molecular weight excluding hydrogens is 508 g/mol. The van der Waals surface area contributed by atoms with Crippen LogP contribution in [-0.2, 0) is 20.9 Å². The quantitative estimate of drug-likeness (QED) is 0.297. The smallest absolute Gasteiger partial charge is 0.309 e. The molecule has 4 rings (SSSR count). The van der Waals surface area contributed by atoms with Gasteiger partial charge in [-0.3, -0.25) is 23.9 Å². The summed E-state index contributed by atoms with van der Waals surface area (Å²) in [5, 5.41) is 9.81. The monoisotopic (exact) mass is 542 g/mol. The van der Waals surface area contributed by atoms with Crippen molar-refractivity contribution in [2.45, 2.75) is 78.3 Å². The second kappa shape index (κ2) is 11.8. The SMILES string of the molecule is CCOC(=O)C1CCN(c2c(C=C3SC(=S)N(C4CCCCC4)C3=O)c(C)c(C#N)c(=O)n2CC)CC1. The van der Waals surface area contributed by atoms with Gasteiger partial charge in [0.2, 0.25) is 0 Å². The molecule has 10 heteroatoms. The molecule has 198 valence electrons. The Balaban J connectivity index is 1.74. The number of carbonyl (C=O) groups excluding carboxylic acids is 2. The zero-order chi connectivity index (χ0) is 26.7. The minimum Gasteiger partial charge on any atom is -0.466 e. The number of nitriles is 1. The van der Waals surface area contributed by atoms with Gasteiger partial charge in [0.1, 0.15) is 21.8 Å². The molecule has 3 fully saturated rings. The Morgan fingerprint density at radius 3 is 2.43 bits per heavy atom. The lowest BCUT2D eigenvalue weighted by atomic mass is 9.94. The summed E-state index contributed by atoms with van der Waals surface area (Å²) in [6.45, 7) is 7.31. The summed E-state index contributed by atoms with van der Waals surface area (Å²) in [7, 11) is 0. The molecule has 37 heavy (non-hydrogen) atoms. The van der Waals surface area contributed by atoms with Crippen LogP contribution in [0.1, 0.15) is 75.5 Å². The van der Waals surface area contributed by atoms with E-state index >= 15 is 0 Å². The molecule has 0 atom stereocenters. The number of esters is 1. The van der Waals surface area contributed by atoms with Gasteiger partial charge in [0.05, 0.1) is 17.4 Å². The van der Waals surface area contributed by atoms with Crippen LogP contribution in [0.5, 0.6) is 0 Å². The molecule has 0 radical (unpaired) electrons. The lowest BCUT2D eigenvalue weighted by Gasteiger charge is -2.35. The van der Waals surface area contributed by atoms with Crippen LogP contribution in [0.15, 0.2) is 9.70 Å². The van der Waals surface area contributed by atoms with Crippen LogP contribution in [0.4, 0.5) is 5.82 Å². The summed E-state index contributed by atoms with van der Waals surface area (Å²) >= 11 is 6.92. The zero-order valence-electron chi connectivity index (χ0n) is 21.7. The fourth-order valence-electron chi connectivity index (χ4n) is 5.63. The Hall–Kier alpha value is -2.64. The lowest BCUT2D eigenvalue weighted by Crippen LogP contribution is -2.41. The predicted molar refractivity (Wildman–Crippen MR) is 149 cm³/mol. The lowest BCUT2D eigenvalue weighted by molar-refractivity contribution is -0.148. The maximum atomic E-state index is 13.5. The molecule has 0 unspecified atom stereocenters. The minimum absolute atomic E-state index is 0.0843. The highest BCUT2D eigenvalue weighted by molar-refractivity contribution is 8.26. The summed E-state index contributed by atoms with van der Waals surface area (Å²) in [5.41, 5.74) is 0.998. The van der Waals surface area contributed by atoms with Crippen LogP contribution in [0, 0.1) is 24.2 Å². The molecule has 1 aromatic rings. The van der Waals surface area contributed by atoms with E-state index in [4.69, 9.17) is 17.0 Å². The van der Waals surface area contributed by atoms with Gasteiger partial charge >= 0.3 is 5.97 Å². The number of thioether (sulfide) groups is 1. The highest BCUT2D eigenvalue weighted by Crippen LogP contribution is 2.39. The van der Waals surface area contributed by atoms with Crippen molar-refractivity contribution in [3.8, 4) is 6.07 Å². The molecule has 3 heterocycles. The van der Waals surface area contributed by atoms with E-state index in [1.54, 1.807) is 23.3 Å². The van der Waals surface area contributed by atoms with Crippen molar-refractivity contribution in [1.29, 1.82) is 5.26 Å². The Morgan fingerprint density at radius 1 is 1.16 bits per heavy atom. The second-order valence-corrected chi connectivity index (χ2v) is 11.4. The van der Waals surface area contributed by atoms with Crippen LogP contribution in [0.2, 0.25) is 0 Å². The van der Waals surface area contributed by atoms with Crippen LogP contribution in [0.25, 0.3) is 6.08 Å². The molecule has 0 bridgehead atoms. The number of hydrogen-bond donors (Lipinski definition) is 0. The fourth-order valence-corrected chi connectivity index (χ4v) is 7.01. The van der Waals surface area contributed by atoms with Crippen LogP contribution >= 0.6 is 24.0 Å². The molecule has 3 aliphatic rings. The van der Waals surface area contributed by atoms with Crippen molar-refractivity contribution in [2.24, 2.45) is 5.92 Å². The third-order valence-electron chi connectivity index (χ3n) is 7.62. The van der Waals surface area contributed by atoms with Gasteiger partial charge in [0.15, 0.2) is 0 Å². The van der Waals surface area contributed by atoms with Gasteiger partial charge in [0, 0.05) is 31.2 Å². The highest BCUT2D eigenvalue weighted by Gasteiger charge is 2.38. The molecule has 0 aromatic carbocycles. The van der Waals surface area contributed by atoms with E-state index in [1.807, 2.05) is 13.0 Å². The first kappa shape index (κ1) is 27.4. The number of carbonyl (C=O) groups is 2. The number of ether oxygens (including phenoxy) is 1. The zero-order valence-corrected chi connectivity index (χ0v) is 23.4. The first-order valence-corrected chi connectivity index (χ1v) is 14.4. The summed E-state index contributed by atoms with van der Waals surface area (Å²) in [6, 6.07) is 2.21. The number of nitrogens with zero attached hydrogens (tertiary/aromatic N) is 4. The van der Waals surface area contributed by atoms with Crippen molar-refractivity contribution in [1.82, 2.24) is 9.47 Å². The summed E-state index contributed by atoms with van der Waals surface area (Å²) in [6.07, 6.45) is 8.33. The molecule has 1 saturated carbocycles. The number of pyridine rings is 1. The maximum absolute atomic E-state index is 13.5. The Bertz CT molecular complexity index is 1220. The van der Waals surface area contributed by atoms with Crippen molar-refractivity contribution < 1.29 is 14.3 Å². The Morgan fingerprint density at radius 2 is 1.84 bits per heavy atom. The van der Waals surface area contributed by atoms with E-state index in [9.17, 15) is 19.6 Å². The van der Waals surface area contributed by atoms with E-state index in [2.05, 4.69) is 11.0 Å².